The maximum atomic E-state index is 6.35. The van der Waals surface area contributed by atoms with E-state index in [1.54, 1.807) is 0 Å². The minimum Gasteiger partial charge on any atom is -0.169 e. The van der Waals surface area contributed by atoms with Gasteiger partial charge in [0.1, 0.15) is 0 Å². The van der Waals surface area contributed by atoms with Crippen LogP contribution in [-0.4, -0.2) is 18.3 Å². The van der Waals surface area contributed by atoms with Crippen molar-refractivity contribution < 1.29 is 0 Å². The van der Waals surface area contributed by atoms with Gasteiger partial charge in [0, 0.05) is 0 Å². The Labute approximate surface area is 103 Å². The Morgan fingerprint density at radius 1 is 1.00 bits per heavy atom. The number of hydrogen-bond donors (Lipinski definition) is 0. The summed E-state index contributed by atoms with van der Waals surface area (Å²) < 4.78 is 0. The van der Waals surface area contributed by atoms with E-state index in [-0.39, 0.29) is 0 Å². The minimum absolute atomic E-state index is 0.811. The van der Waals surface area contributed by atoms with E-state index in [1.807, 2.05) is 0 Å². The lowest BCUT2D eigenvalue weighted by Crippen LogP contribution is -2.08. The van der Waals surface area contributed by atoms with Crippen LogP contribution in [0, 0.1) is 5.92 Å². The fraction of sp³-hybridized carbons (Fsp3) is 1.00. The Balaban J connectivity index is 3.53. The second-order valence-corrected chi connectivity index (χ2v) is 10.7. The molecule has 0 saturated carbocycles. The first-order valence-electron chi connectivity index (χ1n) is 6.40. The Hall–Kier alpha value is 0.640. The van der Waals surface area contributed by atoms with Crippen molar-refractivity contribution in [1.82, 2.24) is 0 Å². The smallest absolute Gasteiger partial charge is 0.00774 e. The molecule has 0 aromatic rings. The van der Waals surface area contributed by atoms with Crippen molar-refractivity contribution in [2.24, 2.45) is 5.92 Å². The van der Waals surface area contributed by atoms with Crippen LogP contribution in [-0.2, 0) is 0 Å². The van der Waals surface area contributed by atoms with Crippen molar-refractivity contribution in [1.29, 1.82) is 0 Å². The monoisotopic (exact) mass is 252 g/mol. The molecule has 0 rings (SSSR count). The van der Waals surface area contributed by atoms with Gasteiger partial charge < -0.3 is 0 Å². The van der Waals surface area contributed by atoms with E-state index in [0.717, 1.165) is 5.92 Å². The molecule has 0 amide bonds. The topological polar surface area (TPSA) is 0 Å². The first-order valence-corrected chi connectivity index (χ1v) is 9.84. The van der Waals surface area contributed by atoms with E-state index in [0.29, 0.717) is 0 Å². The van der Waals surface area contributed by atoms with Crippen LogP contribution in [0.1, 0.15) is 58.8 Å². The molecule has 0 heterocycles. The van der Waals surface area contributed by atoms with Gasteiger partial charge in [0.25, 0.3) is 0 Å². The summed E-state index contributed by atoms with van der Waals surface area (Å²) in [4.78, 5) is 0. The molecule has 15 heavy (non-hydrogen) atoms. The summed E-state index contributed by atoms with van der Waals surface area (Å²) in [6.45, 7) is 4.58. The third-order valence-electron chi connectivity index (χ3n) is 2.93. The van der Waals surface area contributed by atoms with E-state index in [4.69, 9.17) is 10.7 Å². The highest BCUT2D eigenvalue weighted by molar-refractivity contribution is 8.50. The molecule has 0 radical (unpaired) electrons. The average molecular weight is 253 g/mol. The Morgan fingerprint density at radius 3 is 2.07 bits per heavy atom. The molecule has 0 aliphatic heterocycles. The summed E-state index contributed by atoms with van der Waals surface area (Å²) in [6.07, 6.45) is 14.1. The summed E-state index contributed by atoms with van der Waals surface area (Å²) >= 11 is 0. The van der Waals surface area contributed by atoms with Crippen molar-refractivity contribution in [3.05, 3.63) is 0 Å². The standard InChI is InChI=1S/C13H29ClS/c1-5-7-8-9-10-11-13(6-2)12-15(3,4)14/h13H,5-12H2,1-4H3. The van der Waals surface area contributed by atoms with Gasteiger partial charge in [0.15, 0.2) is 0 Å². The molecule has 94 valence electrons. The van der Waals surface area contributed by atoms with Crippen LogP contribution in [0.5, 0.6) is 0 Å². The number of unbranched alkanes of at least 4 members (excludes halogenated alkanes) is 4. The van der Waals surface area contributed by atoms with Crippen molar-refractivity contribution in [2.45, 2.75) is 58.8 Å². The zero-order valence-electron chi connectivity index (χ0n) is 11.0. The van der Waals surface area contributed by atoms with E-state index < -0.39 is 9.24 Å². The number of halogens is 1. The Bertz CT molecular complexity index is 140. The molecule has 1 atom stereocenters. The second kappa shape index (κ2) is 8.75. The van der Waals surface area contributed by atoms with Crippen LogP contribution in [0.25, 0.3) is 0 Å². The van der Waals surface area contributed by atoms with Crippen molar-refractivity contribution in [3.8, 4) is 0 Å². The quantitative estimate of drug-likeness (QED) is 0.469. The van der Waals surface area contributed by atoms with Crippen molar-refractivity contribution >= 4 is 19.9 Å². The molecule has 0 fully saturated rings. The zero-order valence-corrected chi connectivity index (χ0v) is 12.6. The van der Waals surface area contributed by atoms with E-state index in [2.05, 4.69) is 26.4 Å². The molecule has 0 aromatic carbocycles. The third kappa shape index (κ3) is 10.9. The molecule has 0 aliphatic carbocycles. The van der Waals surface area contributed by atoms with Gasteiger partial charge in [-0.1, -0.05) is 63.1 Å². The molecule has 1 unspecified atom stereocenters. The van der Waals surface area contributed by atoms with Gasteiger partial charge in [-0.3, -0.25) is 0 Å². The lowest BCUT2D eigenvalue weighted by molar-refractivity contribution is 0.479. The SMILES string of the molecule is CCCCCCCC(CC)CS(C)(C)Cl. The lowest BCUT2D eigenvalue weighted by Gasteiger charge is -2.27. The molecule has 0 nitrogen and oxygen atoms in total. The third-order valence-corrected chi connectivity index (χ3v) is 4.57. The molecule has 0 N–H and O–H groups in total. The Morgan fingerprint density at radius 2 is 1.60 bits per heavy atom. The molecule has 0 saturated heterocycles. The highest BCUT2D eigenvalue weighted by Crippen LogP contribution is 2.48. The maximum absolute atomic E-state index is 6.35. The largest absolute Gasteiger partial charge is 0.169 e. The summed E-state index contributed by atoms with van der Waals surface area (Å²) in [6, 6.07) is 0. The molecular formula is C13H29ClS. The zero-order chi connectivity index (χ0) is 11.7. The summed E-state index contributed by atoms with van der Waals surface area (Å²) in [5.41, 5.74) is 0. The molecule has 2 heteroatoms. The van der Waals surface area contributed by atoms with E-state index in [1.165, 1.54) is 50.7 Å². The number of hydrogen-bond acceptors (Lipinski definition) is 0. The van der Waals surface area contributed by atoms with Crippen LogP contribution in [0.15, 0.2) is 0 Å². The molecule has 0 aromatic heterocycles. The maximum Gasteiger partial charge on any atom is -0.00774 e. The Kier molecular flexibility index (Phi) is 9.13. The summed E-state index contributed by atoms with van der Waals surface area (Å²) in [5, 5.41) is 0. The van der Waals surface area contributed by atoms with E-state index in [9.17, 15) is 0 Å². The first kappa shape index (κ1) is 15.6. The van der Waals surface area contributed by atoms with Gasteiger partial charge in [-0.25, -0.2) is 0 Å². The fourth-order valence-corrected chi connectivity index (χ4v) is 4.06. The molecule has 0 bridgehead atoms. The second-order valence-electron chi connectivity index (χ2n) is 5.05. The highest BCUT2D eigenvalue weighted by atomic mass is 35.7. The van der Waals surface area contributed by atoms with Gasteiger partial charge in [0.05, 0.1) is 0 Å². The molecular weight excluding hydrogens is 224 g/mol. The van der Waals surface area contributed by atoms with E-state index >= 15 is 0 Å². The normalized spacial score (nSPS) is 15.3. The van der Waals surface area contributed by atoms with Gasteiger partial charge in [-0.15, -0.1) is 0 Å². The van der Waals surface area contributed by atoms with Crippen molar-refractivity contribution in [2.75, 3.05) is 18.3 Å². The summed E-state index contributed by atoms with van der Waals surface area (Å²) in [7, 11) is 5.54. The molecule has 0 spiro atoms. The molecule has 0 aliphatic rings. The number of rotatable bonds is 9. The van der Waals surface area contributed by atoms with Crippen LogP contribution < -0.4 is 0 Å². The van der Waals surface area contributed by atoms with Crippen LogP contribution in [0.2, 0.25) is 0 Å². The first-order chi connectivity index (χ1) is 6.99. The highest BCUT2D eigenvalue weighted by Gasteiger charge is 2.14. The van der Waals surface area contributed by atoms with Crippen LogP contribution >= 0.6 is 19.9 Å². The lowest BCUT2D eigenvalue weighted by atomic mass is 10.00. The minimum atomic E-state index is -0.811. The average Bonchev–Trinajstić information content (AvgIpc) is 2.14. The van der Waals surface area contributed by atoms with Gasteiger partial charge in [0.2, 0.25) is 0 Å². The predicted octanol–water partition coefficient (Wildman–Crippen LogP) is 5.59. The van der Waals surface area contributed by atoms with Gasteiger partial charge in [-0.2, -0.15) is 9.24 Å². The fourth-order valence-electron chi connectivity index (χ4n) is 2.00. The predicted molar refractivity (Wildman–Crippen MR) is 77.3 cm³/mol. The van der Waals surface area contributed by atoms with Gasteiger partial charge in [-0.05, 0) is 30.6 Å². The van der Waals surface area contributed by atoms with Crippen molar-refractivity contribution in [3.63, 3.8) is 0 Å². The summed E-state index contributed by atoms with van der Waals surface area (Å²) in [5.74, 6) is 2.12. The van der Waals surface area contributed by atoms with Crippen LogP contribution in [0.3, 0.4) is 0 Å². The van der Waals surface area contributed by atoms with Gasteiger partial charge >= 0.3 is 0 Å². The van der Waals surface area contributed by atoms with Crippen LogP contribution in [0.4, 0.5) is 0 Å².